The smallest absolute Gasteiger partial charge is 0.253 e. The Morgan fingerprint density at radius 1 is 1.03 bits per heavy atom. The number of hydrogen-bond donors (Lipinski definition) is 0. The number of rotatable bonds is 6. The van der Waals surface area contributed by atoms with Crippen LogP contribution in [0.3, 0.4) is 0 Å². The molecule has 0 atom stereocenters. The second kappa shape index (κ2) is 9.77. The molecule has 6 nitrogen and oxygen atoms in total. The number of amides is 1. The van der Waals surface area contributed by atoms with Gasteiger partial charge in [0, 0.05) is 49.4 Å². The molecule has 31 heavy (non-hydrogen) atoms. The maximum Gasteiger partial charge on any atom is 0.253 e. The van der Waals surface area contributed by atoms with Gasteiger partial charge in [0.2, 0.25) is 5.88 Å². The third-order valence-corrected chi connectivity index (χ3v) is 6.75. The Hall–Kier alpha value is -2.47. The van der Waals surface area contributed by atoms with Gasteiger partial charge in [0.1, 0.15) is 0 Å². The number of pyridine rings is 2. The zero-order chi connectivity index (χ0) is 21.7. The number of carbonyl (C=O) groups is 1. The van der Waals surface area contributed by atoms with Gasteiger partial charge in [-0.05, 0) is 68.3 Å². The fourth-order valence-electron chi connectivity index (χ4n) is 4.71. The molecule has 2 saturated heterocycles. The Balaban J connectivity index is 1.28. The van der Waals surface area contributed by atoms with Crippen LogP contribution in [-0.2, 0) is 6.54 Å². The maximum atomic E-state index is 12.7. The van der Waals surface area contributed by atoms with Gasteiger partial charge >= 0.3 is 0 Å². The molecule has 2 fully saturated rings. The number of aromatic nitrogens is 2. The predicted molar refractivity (Wildman–Crippen MR) is 121 cm³/mol. The van der Waals surface area contributed by atoms with E-state index in [9.17, 15) is 4.79 Å². The van der Waals surface area contributed by atoms with Crippen molar-refractivity contribution >= 4 is 5.91 Å². The average molecular weight is 423 g/mol. The molecule has 0 saturated carbocycles. The Bertz CT molecular complexity index is 853. The van der Waals surface area contributed by atoms with Crippen LogP contribution in [0.2, 0.25) is 0 Å². The fourth-order valence-corrected chi connectivity index (χ4v) is 4.71. The largest absolute Gasteiger partial charge is 0.477 e. The highest BCUT2D eigenvalue weighted by Gasteiger charge is 2.38. The summed E-state index contributed by atoms with van der Waals surface area (Å²) in [4.78, 5) is 25.7. The second-order valence-corrected chi connectivity index (χ2v) is 9.48. The normalized spacial score (nSPS) is 19.0. The van der Waals surface area contributed by atoms with Gasteiger partial charge in [-0.1, -0.05) is 19.9 Å². The lowest BCUT2D eigenvalue weighted by Gasteiger charge is -2.47. The van der Waals surface area contributed by atoms with E-state index in [1.807, 2.05) is 29.3 Å². The fraction of sp³-hybridized carbons (Fsp3) is 0.560. The molecule has 2 aromatic heterocycles. The number of carbonyl (C=O) groups excluding carboxylic acids is 1. The lowest BCUT2D eigenvalue weighted by Crippen LogP contribution is -2.48. The monoisotopic (exact) mass is 422 g/mol. The summed E-state index contributed by atoms with van der Waals surface area (Å²) in [5.41, 5.74) is 2.31. The highest BCUT2D eigenvalue weighted by atomic mass is 16.5. The van der Waals surface area contributed by atoms with E-state index >= 15 is 0 Å². The minimum Gasteiger partial charge on any atom is -0.477 e. The van der Waals surface area contributed by atoms with Gasteiger partial charge in [-0.3, -0.25) is 14.7 Å². The summed E-state index contributed by atoms with van der Waals surface area (Å²) in [7, 11) is 0. The van der Waals surface area contributed by atoms with Gasteiger partial charge in [0.05, 0.1) is 6.61 Å². The van der Waals surface area contributed by atoms with Crippen LogP contribution in [0, 0.1) is 11.3 Å². The van der Waals surface area contributed by atoms with Crippen LogP contribution in [0.25, 0.3) is 0 Å². The van der Waals surface area contributed by atoms with Gasteiger partial charge in [-0.25, -0.2) is 4.98 Å². The lowest BCUT2D eigenvalue weighted by atomic mass is 9.71. The van der Waals surface area contributed by atoms with Crippen molar-refractivity contribution < 1.29 is 9.53 Å². The number of piperidine rings is 2. The van der Waals surface area contributed by atoms with Crippen molar-refractivity contribution in [2.75, 3.05) is 32.8 Å². The van der Waals surface area contributed by atoms with E-state index in [1.54, 1.807) is 12.4 Å². The maximum absolute atomic E-state index is 12.7. The van der Waals surface area contributed by atoms with Crippen LogP contribution in [-0.4, -0.2) is 58.5 Å². The Morgan fingerprint density at radius 3 is 2.39 bits per heavy atom. The predicted octanol–water partition coefficient (Wildman–Crippen LogP) is 4.03. The summed E-state index contributed by atoms with van der Waals surface area (Å²) in [6, 6.07) is 7.75. The molecule has 1 spiro atoms. The van der Waals surface area contributed by atoms with E-state index in [0.29, 0.717) is 17.9 Å². The molecular weight excluding hydrogens is 388 g/mol. The summed E-state index contributed by atoms with van der Waals surface area (Å²) in [5, 5.41) is 0. The van der Waals surface area contributed by atoms with E-state index in [1.165, 1.54) is 18.4 Å². The molecule has 6 heteroatoms. The molecule has 166 valence electrons. The van der Waals surface area contributed by atoms with E-state index < -0.39 is 0 Å². The first-order valence-corrected chi connectivity index (χ1v) is 11.5. The van der Waals surface area contributed by atoms with Crippen LogP contribution in [0.5, 0.6) is 5.88 Å². The molecular formula is C25H34N4O2. The van der Waals surface area contributed by atoms with Crippen molar-refractivity contribution in [3.63, 3.8) is 0 Å². The van der Waals surface area contributed by atoms with Crippen molar-refractivity contribution in [3.05, 3.63) is 54.0 Å². The zero-order valence-electron chi connectivity index (χ0n) is 18.8. The third-order valence-electron chi connectivity index (χ3n) is 6.75. The molecule has 4 heterocycles. The number of nitrogens with zero attached hydrogens (tertiary/aromatic N) is 4. The van der Waals surface area contributed by atoms with Gasteiger partial charge in [0.15, 0.2) is 0 Å². The molecule has 0 unspecified atom stereocenters. The lowest BCUT2D eigenvalue weighted by molar-refractivity contribution is 0.0283. The van der Waals surface area contributed by atoms with Crippen LogP contribution < -0.4 is 4.74 Å². The number of hydrogen-bond acceptors (Lipinski definition) is 5. The first-order valence-electron chi connectivity index (χ1n) is 11.5. The first kappa shape index (κ1) is 21.8. The van der Waals surface area contributed by atoms with Gasteiger partial charge in [-0.2, -0.15) is 0 Å². The van der Waals surface area contributed by atoms with Crippen molar-refractivity contribution in [2.45, 2.75) is 46.1 Å². The van der Waals surface area contributed by atoms with E-state index in [4.69, 9.17) is 4.74 Å². The standard InChI is InChI=1S/C25H34N4O2/c1-20(2)19-31-23-22(4-3-11-27-23)18-28-14-7-25(8-15-28)9-16-29(17-10-25)24(30)21-5-12-26-13-6-21/h3-6,11-13,20H,7-10,14-19H2,1-2H3. The quantitative estimate of drug-likeness (QED) is 0.703. The molecule has 1 amide bonds. The molecule has 2 aliphatic rings. The second-order valence-electron chi connectivity index (χ2n) is 9.48. The summed E-state index contributed by atoms with van der Waals surface area (Å²) < 4.78 is 5.94. The SMILES string of the molecule is CC(C)COc1ncccc1CN1CCC2(CC1)CCN(C(=O)c1ccncc1)CC2. The van der Waals surface area contributed by atoms with Crippen LogP contribution in [0.15, 0.2) is 42.9 Å². The summed E-state index contributed by atoms with van der Waals surface area (Å²) in [6.45, 7) is 9.80. The van der Waals surface area contributed by atoms with E-state index in [-0.39, 0.29) is 5.91 Å². The van der Waals surface area contributed by atoms with Crippen molar-refractivity contribution in [2.24, 2.45) is 11.3 Å². The number of likely N-dealkylation sites (tertiary alicyclic amines) is 2. The van der Waals surface area contributed by atoms with E-state index in [2.05, 4.69) is 34.8 Å². The zero-order valence-corrected chi connectivity index (χ0v) is 18.8. The van der Waals surface area contributed by atoms with Crippen LogP contribution >= 0.6 is 0 Å². The number of ether oxygens (including phenoxy) is 1. The minimum absolute atomic E-state index is 0.139. The molecule has 2 aromatic rings. The molecule has 0 aliphatic carbocycles. The van der Waals surface area contributed by atoms with Crippen molar-refractivity contribution in [3.8, 4) is 5.88 Å². The molecule has 0 radical (unpaired) electrons. The highest BCUT2D eigenvalue weighted by Crippen LogP contribution is 2.41. The Labute approximate surface area is 185 Å². The minimum atomic E-state index is 0.139. The molecule has 0 bridgehead atoms. The molecule has 0 aromatic carbocycles. The van der Waals surface area contributed by atoms with Gasteiger partial charge in [0.25, 0.3) is 5.91 Å². The van der Waals surface area contributed by atoms with E-state index in [0.717, 1.165) is 57.0 Å². The molecule has 2 aliphatic heterocycles. The Kier molecular flexibility index (Phi) is 6.86. The molecule has 0 N–H and O–H groups in total. The average Bonchev–Trinajstić information content (AvgIpc) is 2.81. The molecule has 4 rings (SSSR count). The van der Waals surface area contributed by atoms with Crippen LogP contribution in [0.1, 0.15) is 55.5 Å². The van der Waals surface area contributed by atoms with Gasteiger partial charge < -0.3 is 9.64 Å². The highest BCUT2D eigenvalue weighted by molar-refractivity contribution is 5.94. The van der Waals surface area contributed by atoms with Crippen LogP contribution in [0.4, 0.5) is 0 Å². The Morgan fingerprint density at radius 2 is 1.71 bits per heavy atom. The topological polar surface area (TPSA) is 58.6 Å². The summed E-state index contributed by atoms with van der Waals surface area (Å²) in [5.74, 6) is 1.40. The summed E-state index contributed by atoms with van der Waals surface area (Å²) in [6.07, 6.45) is 9.80. The van der Waals surface area contributed by atoms with Gasteiger partial charge in [-0.15, -0.1) is 0 Å². The van der Waals surface area contributed by atoms with Crippen molar-refractivity contribution in [1.82, 2.24) is 19.8 Å². The first-order chi connectivity index (χ1) is 15.0. The third kappa shape index (κ3) is 5.42. The summed E-state index contributed by atoms with van der Waals surface area (Å²) >= 11 is 0. The van der Waals surface area contributed by atoms with Crippen molar-refractivity contribution in [1.29, 1.82) is 0 Å².